The molecule has 2 N–H and O–H groups in total. The Labute approximate surface area is 230 Å². The number of likely N-dealkylation sites (N-methyl/N-ethyl adjacent to an activating group) is 1. The second-order valence-electron chi connectivity index (χ2n) is 9.48. The van der Waals surface area contributed by atoms with Crippen LogP contribution in [0, 0.1) is 5.92 Å². The number of tetrazole rings is 1. The van der Waals surface area contributed by atoms with Crippen molar-refractivity contribution in [1.29, 1.82) is 0 Å². The minimum absolute atomic E-state index is 0.0286. The van der Waals surface area contributed by atoms with Crippen molar-refractivity contribution in [1.82, 2.24) is 29.4 Å². The average molecular weight is 578 g/mol. The van der Waals surface area contributed by atoms with E-state index in [1.165, 1.54) is 22.4 Å². The number of ether oxygens (including phenoxy) is 1. The van der Waals surface area contributed by atoms with Gasteiger partial charge in [-0.2, -0.15) is 4.31 Å². The molecule has 210 valence electrons. The van der Waals surface area contributed by atoms with Gasteiger partial charge in [-0.25, -0.2) is 13.1 Å². The molecule has 3 heterocycles. The van der Waals surface area contributed by atoms with E-state index in [2.05, 4.69) is 20.8 Å². The van der Waals surface area contributed by atoms with E-state index in [1.54, 1.807) is 47.5 Å². The van der Waals surface area contributed by atoms with E-state index < -0.39 is 22.2 Å². The minimum Gasteiger partial charge on any atom is -0.488 e. The van der Waals surface area contributed by atoms with E-state index in [1.807, 2.05) is 6.92 Å². The highest BCUT2D eigenvalue weighted by Crippen LogP contribution is 2.30. The van der Waals surface area contributed by atoms with Crippen LogP contribution in [0.3, 0.4) is 0 Å². The Kier molecular flexibility index (Phi) is 8.94. The van der Waals surface area contributed by atoms with Crippen LogP contribution in [0.1, 0.15) is 19.4 Å². The fourth-order valence-corrected chi connectivity index (χ4v) is 6.63. The Hall–Kier alpha value is -3.40. The summed E-state index contributed by atoms with van der Waals surface area (Å²) in [6.07, 6.45) is 0.686. The Morgan fingerprint density at radius 2 is 2.15 bits per heavy atom. The molecule has 2 amide bonds. The zero-order valence-corrected chi connectivity index (χ0v) is 23.4. The second-order valence-corrected chi connectivity index (χ2v) is 12.7. The summed E-state index contributed by atoms with van der Waals surface area (Å²) in [6, 6.07) is 7.76. The molecule has 3 aromatic rings. The number of hydrogen-bond acceptors (Lipinski definition) is 10. The molecule has 0 spiro atoms. The molecule has 39 heavy (non-hydrogen) atoms. The Morgan fingerprint density at radius 3 is 2.82 bits per heavy atom. The second kappa shape index (κ2) is 12.2. The highest BCUT2D eigenvalue weighted by Gasteiger charge is 2.33. The van der Waals surface area contributed by atoms with Gasteiger partial charge in [0.05, 0.1) is 25.6 Å². The van der Waals surface area contributed by atoms with Crippen molar-refractivity contribution >= 4 is 38.9 Å². The molecule has 4 rings (SSSR count). The largest absolute Gasteiger partial charge is 0.488 e. The normalized spacial score (nSPS) is 19.0. The number of thiophene rings is 1. The van der Waals surface area contributed by atoms with Crippen LogP contribution in [0.25, 0.3) is 0 Å². The molecule has 1 aromatic carbocycles. The number of anilines is 1. The van der Waals surface area contributed by atoms with Crippen LogP contribution in [0.15, 0.2) is 46.2 Å². The summed E-state index contributed by atoms with van der Waals surface area (Å²) >= 11 is 1.14. The van der Waals surface area contributed by atoms with Crippen molar-refractivity contribution in [2.24, 2.45) is 5.92 Å². The van der Waals surface area contributed by atoms with Gasteiger partial charge in [-0.3, -0.25) is 9.59 Å². The summed E-state index contributed by atoms with van der Waals surface area (Å²) < 4.78 is 35.3. The van der Waals surface area contributed by atoms with Crippen LogP contribution in [0.5, 0.6) is 5.75 Å². The molecular formula is C24H31N7O6S2. The molecule has 0 bridgehead atoms. The molecule has 0 radical (unpaired) electrons. The maximum Gasteiger partial charge on any atom is 0.252 e. The predicted molar refractivity (Wildman–Crippen MR) is 143 cm³/mol. The third kappa shape index (κ3) is 6.79. The van der Waals surface area contributed by atoms with Gasteiger partial charge >= 0.3 is 0 Å². The van der Waals surface area contributed by atoms with Gasteiger partial charge in [-0.05, 0) is 47.0 Å². The summed E-state index contributed by atoms with van der Waals surface area (Å²) in [5.41, 5.74) is 0.976. The monoisotopic (exact) mass is 577 g/mol. The van der Waals surface area contributed by atoms with E-state index in [0.717, 1.165) is 11.3 Å². The minimum atomic E-state index is -3.73. The number of rotatable bonds is 9. The molecule has 0 fully saturated rings. The van der Waals surface area contributed by atoms with Crippen LogP contribution in [-0.4, -0.2) is 93.6 Å². The third-order valence-electron chi connectivity index (χ3n) is 6.49. The fourth-order valence-electron chi connectivity index (χ4n) is 4.24. The van der Waals surface area contributed by atoms with Gasteiger partial charge in [0.2, 0.25) is 11.8 Å². The summed E-state index contributed by atoms with van der Waals surface area (Å²) in [4.78, 5) is 27.4. The molecule has 0 aliphatic carbocycles. The Morgan fingerprint density at radius 1 is 1.36 bits per heavy atom. The number of aliphatic hydroxyl groups is 1. The number of fused-ring (bicyclic) bond motifs is 1. The van der Waals surface area contributed by atoms with Crippen molar-refractivity contribution in [2.75, 3.05) is 32.1 Å². The van der Waals surface area contributed by atoms with Crippen LogP contribution < -0.4 is 10.1 Å². The maximum absolute atomic E-state index is 13.4. The first-order valence-electron chi connectivity index (χ1n) is 12.3. The number of carbonyl (C=O) groups excluding carboxylic acids is 2. The van der Waals surface area contributed by atoms with Gasteiger partial charge in [0.25, 0.3) is 10.0 Å². The lowest BCUT2D eigenvalue weighted by atomic mass is 10.0. The summed E-state index contributed by atoms with van der Waals surface area (Å²) in [6.45, 7) is 3.63. The van der Waals surface area contributed by atoms with Crippen molar-refractivity contribution in [3.8, 4) is 5.75 Å². The van der Waals surface area contributed by atoms with Gasteiger partial charge in [0, 0.05) is 30.8 Å². The number of nitrogens with zero attached hydrogens (tertiary/aromatic N) is 6. The summed E-state index contributed by atoms with van der Waals surface area (Å²) in [5.74, 6) is -0.435. The van der Waals surface area contributed by atoms with Crippen LogP contribution in [0.2, 0.25) is 0 Å². The molecular weight excluding hydrogens is 546 g/mol. The Balaban J connectivity index is 1.62. The van der Waals surface area contributed by atoms with Gasteiger partial charge in [-0.1, -0.05) is 13.0 Å². The van der Waals surface area contributed by atoms with E-state index in [0.29, 0.717) is 17.0 Å². The first-order valence-corrected chi connectivity index (χ1v) is 14.6. The smallest absolute Gasteiger partial charge is 0.252 e. The summed E-state index contributed by atoms with van der Waals surface area (Å²) in [7, 11) is -2.22. The highest BCUT2D eigenvalue weighted by atomic mass is 32.2. The number of amides is 2. The quantitative estimate of drug-likeness (QED) is 0.376. The van der Waals surface area contributed by atoms with Crippen molar-refractivity contribution in [3.63, 3.8) is 0 Å². The molecule has 13 nitrogen and oxygen atoms in total. The molecule has 0 saturated heterocycles. The Bertz CT molecular complexity index is 1380. The molecule has 1 aliphatic heterocycles. The zero-order valence-electron chi connectivity index (χ0n) is 21.8. The lowest BCUT2D eigenvalue weighted by molar-refractivity contribution is -0.134. The average Bonchev–Trinajstić information content (AvgIpc) is 3.62. The van der Waals surface area contributed by atoms with Crippen LogP contribution >= 0.6 is 11.3 Å². The predicted octanol–water partition coefficient (Wildman–Crippen LogP) is 0.843. The van der Waals surface area contributed by atoms with Crippen molar-refractivity contribution in [2.45, 2.75) is 43.2 Å². The number of carbonyl (C=O) groups is 2. The molecule has 0 unspecified atom stereocenters. The zero-order chi connectivity index (χ0) is 28.2. The van der Waals surface area contributed by atoms with Gasteiger partial charge < -0.3 is 20.1 Å². The molecule has 2 aromatic heterocycles. The number of sulfonamides is 1. The molecule has 15 heteroatoms. The van der Waals surface area contributed by atoms with E-state index in [-0.39, 0.29) is 54.6 Å². The van der Waals surface area contributed by atoms with Gasteiger partial charge in [0.1, 0.15) is 28.9 Å². The topological polar surface area (TPSA) is 160 Å². The van der Waals surface area contributed by atoms with Crippen molar-refractivity contribution < 1.29 is 27.9 Å². The number of nitrogens with one attached hydrogen (secondary N) is 1. The lowest BCUT2D eigenvalue weighted by Gasteiger charge is -2.33. The van der Waals surface area contributed by atoms with Gasteiger partial charge in [-0.15, -0.1) is 16.4 Å². The highest BCUT2D eigenvalue weighted by molar-refractivity contribution is 7.91. The van der Waals surface area contributed by atoms with E-state index in [4.69, 9.17) is 4.74 Å². The van der Waals surface area contributed by atoms with Gasteiger partial charge in [0.15, 0.2) is 0 Å². The number of hydrogen-bond donors (Lipinski definition) is 2. The summed E-state index contributed by atoms with van der Waals surface area (Å²) in [5, 5.41) is 25.0. The van der Waals surface area contributed by atoms with Crippen LogP contribution in [-0.2, 0) is 32.6 Å². The fraction of sp³-hybridized carbons (Fsp3) is 0.458. The first kappa shape index (κ1) is 28.6. The lowest BCUT2D eigenvalue weighted by Crippen LogP contribution is -2.48. The molecule has 0 saturated carbocycles. The van der Waals surface area contributed by atoms with Crippen molar-refractivity contribution in [3.05, 3.63) is 47.6 Å². The van der Waals surface area contributed by atoms with Crippen LogP contribution in [0.4, 0.5) is 5.69 Å². The standard InChI is InChI=1S/C24H31N7O6S2/c1-16-11-31(17(2)14-32)23(34)10-18-9-19(26-22(33)13-30-15-25-27-28-30)6-7-20(18)37-21(16)12-29(3)39(35,36)24-5-4-8-38-24/h4-9,15-17,21,32H,10-14H2,1-3H3,(H,26,33)/t16-,17-,21-/m0/s1. The maximum atomic E-state index is 13.4. The first-order chi connectivity index (χ1) is 18.6. The van der Waals surface area contributed by atoms with E-state index in [9.17, 15) is 23.1 Å². The number of aromatic nitrogens is 4. The number of aliphatic hydroxyl groups excluding tert-OH is 1. The third-order valence-corrected chi connectivity index (χ3v) is 9.69. The van der Waals surface area contributed by atoms with E-state index >= 15 is 0 Å². The molecule has 1 aliphatic rings. The molecule has 3 atom stereocenters. The number of benzene rings is 1. The SMILES string of the molecule is C[C@H]1CN([C@@H](C)CO)C(=O)Cc2cc(NC(=O)Cn3cnnn3)ccc2O[C@H]1CN(C)S(=O)(=O)c1cccs1.